The molecule has 2 nitrogen and oxygen atoms in total. The predicted molar refractivity (Wildman–Crippen MR) is 103 cm³/mol. The number of hydrogen-bond acceptors (Lipinski definition) is 2. The Balaban J connectivity index is 2.20. The van der Waals surface area contributed by atoms with Crippen LogP contribution in [-0.4, -0.2) is 11.7 Å². The van der Waals surface area contributed by atoms with Gasteiger partial charge in [0.05, 0.1) is 11.6 Å². The van der Waals surface area contributed by atoms with E-state index in [1.165, 1.54) is 0 Å². The summed E-state index contributed by atoms with van der Waals surface area (Å²) in [5.74, 6) is 1.27. The summed E-state index contributed by atoms with van der Waals surface area (Å²) < 4.78 is 0. The van der Waals surface area contributed by atoms with Gasteiger partial charge in [-0.1, -0.05) is 62.4 Å². The van der Waals surface area contributed by atoms with E-state index in [1.807, 2.05) is 48.5 Å². The molecule has 0 aromatic heterocycles. The third-order valence-electron chi connectivity index (χ3n) is 3.70. The lowest BCUT2D eigenvalue weighted by Crippen LogP contribution is -2.29. The van der Waals surface area contributed by atoms with E-state index >= 15 is 0 Å². The van der Waals surface area contributed by atoms with Crippen LogP contribution in [0.3, 0.4) is 0 Å². The van der Waals surface area contributed by atoms with Crippen LogP contribution in [0, 0.1) is 5.92 Å². The van der Waals surface area contributed by atoms with Crippen LogP contribution in [0.15, 0.2) is 72.1 Å². The van der Waals surface area contributed by atoms with E-state index in [-0.39, 0.29) is 11.9 Å². The predicted octanol–water partition coefficient (Wildman–Crippen LogP) is 5.48. The number of rotatable bonds is 8. The second-order valence-electron chi connectivity index (χ2n) is 6.16. The highest BCUT2D eigenvalue weighted by Gasteiger charge is 2.18. The Morgan fingerprint density at radius 3 is 2.46 bits per heavy atom. The maximum absolute atomic E-state index is 12.8. The van der Waals surface area contributed by atoms with Crippen molar-refractivity contribution in [2.45, 2.75) is 31.2 Å². The molecule has 0 aliphatic rings. The van der Waals surface area contributed by atoms with Gasteiger partial charge in [0.25, 0.3) is 5.91 Å². The summed E-state index contributed by atoms with van der Waals surface area (Å²) in [6.07, 6.45) is 2.77. The van der Waals surface area contributed by atoms with Crippen molar-refractivity contribution < 1.29 is 4.79 Å². The van der Waals surface area contributed by atoms with Crippen LogP contribution in [0.5, 0.6) is 0 Å². The van der Waals surface area contributed by atoms with Gasteiger partial charge in [-0.05, 0) is 30.0 Å². The van der Waals surface area contributed by atoms with Gasteiger partial charge < -0.3 is 5.32 Å². The van der Waals surface area contributed by atoms with Crippen LogP contribution in [-0.2, 0) is 0 Å². The Kier molecular flexibility index (Phi) is 7.13. The number of thioether (sulfide) groups is 1. The van der Waals surface area contributed by atoms with Crippen LogP contribution in [0.25, 0.3) is 0 Å². The highest BCUT2D eigenvalue weighted by Crippen LogP contribution is 2.25. The van der Waals surface area contributed by atoms with Crippen LogP contribution in [0.1, 0.15) is 42.2 Å². The van der Waals surface area contributed by atoms with Crippen LogP contribution in [0.2, 0.25) is 0 Å². The first-order chi connectivity index (χ1) is 11.6. The molecule has 0 saturated heterocycles. The molecule has 126 valence electrons. The van der Waals surface area contributed by atoms with Crippen molar-refractivity contribution in [1.82, 2.24) is 5.32 Å². The minimum Gasteiger partial charge on any atom is -0.345 e. The Hall–Kier alpha value is -2.00. The molecule has 0 fully saturated rings. The summed E-state index contributed by atoms with van der Waals surface area (Å²) in [6, 6.07) is 18.0. The Labute approximate surface area is 149 Å². The van der Waals surface area contributed by atoms with Gasteiger partial charge in [-0.25, -0.2) is 0 Å². The first kappa shape index (κ1) is 18.3. The first-order valence-electron chi connectivity index (χ1n) is 8.30. The van der Waals surface area contributed by atoms with Crippen molar-refractivity contribution in [3.8, 4) is 0 Å². The summed E-state index contributed by atoms with van der Waals surface area (Å²) in [5, 5.41) is 3.22. The molecule has 0 saturated carbocycles. The van der Waals surface area contributed by atoms with Crippen LogP contribution >= 0.6 is 11.8 Å². The van der Waals surface area contributed by atoms with E-state index in [0.717, 1.165) is 28.2 Å². The topological polar surface area (TPSA) is 29.1 Å². The standard InChI is InChI=1S/C21H25NOS/c1-4-14-24-20-13-9-8-12-18(20)21(23)22-19(15-16(2)3)17-10-6-5-7-11-17/h4-13,16,19H,1,14-15H2,2-3H3,(H,22,23)/t19-/m1/s1. The van der Waals surface area contributed by atoms with Gasteiger partial charge in [-0.15, -0.1) is 18.3 Å². The van der Waals surface area contributed by atoms with E-state index in [4.69, 9.17) is 0 Å². The molecule has 0 bridgehead atoms. The van der Waals surface area contributed by atoms with Gasteiger partial charge in [0.1, 0.15) is 0 Å². The molecule has 2 rings (SSSR count). The third kappa shape index (κ3) is 5.27. The molecule has 3 heteroatoms. The van der Waals surface area contributed by atoms with Gasteiger partial charge in [-0.3, -0.25) is 4.79 Å². The normalized spacial score (nSPS) is 12.0. The van der Waals surface area contributed by atoms with Crippen molar-refractivity contribution >= 4 is 17.7 Å². The second-order valence-corrected chi connectivity index (χ2v) is 7.22. The fourth-order valence-electron chi connectivity index (χ4n) is 2.60. The zero-order valence-corrected chi connectivity index (χ0v) is 15.2. The molecule has 1 amide bonds. The smallest absolute Gasteiger partial charge is 0.252 e. The zero-order chi connectivity index (χ0) is 17.4. The first-order valence-corrected chi connectivity index (χ1v) is 9.29. The highest BCUT2D eigenvalue weighted by atomic mass is 32.2. The molecular weight excluding hydrogens is 314 g/mol. The minimum absolute atomic E-state index is 0.0170. The fourth-order valence-corrected chi connectivity index (χ4v) is 3.39. The van der Waals surface area contributed by atoms with Crippen LogP contribution < -0.4 is 5.32 Å². The van der Waals surface area contributed by atoms with E-state index < -0.39 is 0 Å². The molecule has 0 unspecified atom stereocenters. The number of carbonyl (C=O) groups is 1. The molecule has 2 aromatic rings. The summed E-state index contributed by atoms with van der Waals surface area (Å²) in [4.78, 5) is 13.8. The van der Waals surface area contributed by atoms with Gasteiger partial charge in [0.2, 0.25) is 0 Å². The molecule has 0 radical (unpaired) electrons. The van der Waals surface area contributed by atoms with Crippen molar-refractivity contribution in [2.24, 2.45) is 5.92 Å². The summed E-state index contributed by atoms with van der Waals surface area (Å²) >= 11 is 1.63. The van der Waals surface area contributed by atoms with E-state index in [1.54, 1.807) is 11.8 Å². The summed E-state index contributed by atoms with van der Waals surface area (Å²) in [6.45, 7) is 8.10. The molecule has 2 aromatic carbocycles. The maximum atomic E-state index is 12.8. The van der Waals surface area contributed by atoms with Crippen LogP contribution in [0.4, 0.5) is 0 Å². The molecular formula is C21H25NOS. The molecule has 0 aliphatic heterocycles. The van der Waals surface area contributed by atoms with Crippen molar-refractivity contribution in [3.63, 3.8) is 0 Å². The second kappa shape index (κ2) is 9.33. The van der Waals surface area contributed by atoms with Gasteiger partial charge >= 0.3 is 0 Å². The van der Waals surface area contributed by atoms with E-state index in [9.17, 15) is 4.79 Å². The average Bonchev–Trinajstić information content (AvgIpc) is 2.60. The number of amides is 1. The number of carbonyl (C=O) groups excluding carboxylic acids is 1. The average molecular weight is 340 g/mol. The molecule has 24 heavy (non-hydrogen) atoms. The monoisotopic (exact) mass is 339 g/mol. The number of nitrogens with one attached hydrogen (secondary N) is 1. The lowest BCUT2D eigenvalue weighted by molar-refractivity contribution is 0.0929. The Morgan fingerprint density at radius 1 is 1.12 bits per heavy atom. The van der Waals surface area contributed by atoms with Gasteiger partial charge in [-0.2, -0.15) is 0 Å². The third-order valence-corrected chi connectivity index (χ3v) is 4.77. The van der Waals surface area contributed by atoms with Crippen molar-refractivity contribution in [3.05, 3.63) is 78.4 Å². The Morgan fingerprint density at radius 2 is 1.79 bits per heavy atom. The molecule has 0 spiro atoms. The lowest BCUT2D eigenvalue weighted by Gasteiger charge is -2.22. The highest BCUT2D eigenvalue weighted by molar-refractivity contribution is 7.99. The summed E-state index contributed by atoms with van der Waals surface area (Å²) in [5.41, 5.74) is 1.88. The van der Waals surface area contributed by atoms with E-state index in [0.29, 0.717) is 5.92 Å². The number of hydrogen-bond donors (Lipinski definition) is 1. The maximum Gasteiger partial charge on any atom is 0.252 e. The zero-order valence-electron chi connectivity index (χ0n) is 14.4. The Bertz CT molecular complexity index is 667. The number of benzene rings is 2. The SMILES string of the molecule is C=CCSc1ccccc1C(=O)N[C@H](CC(C)C)c1ccccc1. The van der Waals surface area contributed by atoms with Gasteiger partial charge in [0.15, 0.2) is 0 Å². The molecule has 0 aliphatic carbocycles. The van der Waals surface area contributed by atoms with E-state index in [2.05, 4.69) is 37.9 Å². The van der Waals surface area contributed by atoms with Crippen molar-refractivity contribution in [1.29, 1.82) is 0 Å². The quantitative estimate of drug-likeness (QED) is 0.509. The largest absolute Gasteiger partial charge is 0.345 e. The molecule has 1 atom stereocenters. The fraction of sp³-hybridized carbons (Fsp3) is 0.286. The van der Waals surface area contributed by atoms with Gasteiger partial charge in [0, 0.05) is 10.6 Å². The minimum atomic E-state index is -0.0170. The molecule has 0 heterocycles. The van der Waals surface area contributed by atoms with Crippen molar-refractivity contribution in [2.75, 3.05) is 5.75 Å². The lowest BCUT2D eigenvalue weighted by atomic mass is 9.96. The molecule has 1 N–H and O–H groups in total. The summed E-state index contributed by atoms with van der Waals surface area (Å²) in [7, 11) is 0.